The average Bonchev–Trinajstić information content (AvgIpc) is 3.82. The SMILES string of the molecule is CC(C)(C)c1ccnc(-n2c3cc(Oc4cccc(N5CN(c6cc(C(C)(C)C)ccc6-c6ccccc6)c6ccccc65)c4)ccc3c3ccc(-c4ccccc4)cc32)c1. The molecular weight excluding hydrogens is 745 g/mol. The van der Waals surface area contributed by atoms with Crippen molar-refractivity contribution in [1.82, 2.24) is 9.55 Å². The number of nitrogens with zero attached hydrogens (tertiary/aromatic N) is 4. The average molecular weight is 795 g/mol. The second-order valence-corrected chi connectivity index (χ2v) is 18.2. The van der Waals surface area contributed by atoms with Crippen LogP contribution in [0.5, 0.6) is 11.5 Å². The van der Waals surface area contributed by atoms with Gasteiger partial charge in [-0.05, 0) is 99.3 Å². The van der Waals surface area contributed by atoms with E-state index < -0.39 is 0 Å². The molecule has 5 nitrogen and oxygen atoms in total. The zero-order valence-electron chi connectivity index (χ0n) is 35.7. The van der Waals surface area contributed by atoms with Crippen LogP contribution in [0.4, 0.5) is 22.7 Å². The molecule has 61 heavy (non-hydrogen) atoms. The first kappa shape index (κ1) is 38.1. The Balaban J connectivity index is 1.04. The van der Waals surface area contributed by atoms with E-state index in [1.165, 1.54) is 44.6 Å². The minimum atomic E-state index is -0.0293. The number of hydrogen-bond donors (Lipinski definition) is 0. The van der Waals surface area contributed by atoms with E-state index in [0.29, 0.717) is 6.67 Å². The van der Waals surface area contributed by atoms with E-state index >= 15 is 0 Å². The second-order valence-electron chi connectivity index (χ2n) is 18.2. The standard InChI is InChI=1S/C56H50N4O/c1-55(2,3)41-25-28-46(39-18-11-8-12-19-39)51(33-41)59-37-58(49-22-13-14-23-50(49)59)43-20-15-21-44(35-43)61-45-26-29-48-47-27-24-40(38-16-9-7-10-17-38)32-52(47)60(53(48)36-45)54-34-42(30-31-57-54)56(4,5)6/h7-36H,37H2,1-6H3. The lowest BCUT2D eigenvalue weighted by Crippen LogP contribution is -2.25. The number of para-hydroxylation sites is 2. The van der Waals surface area contributed by atoms with Gasteiger partial charge in [-0.1, -0.05) is 145 Å². The molecule has 3 heterocycles. The van der Waals surface area contributed by atoms with Crippen LogP contribution < -0.4 is 14.5 Å². The van der Waals surface area contributed by atoms with Gasteiger partial charge in [0, 0.05) is 40.4 Å². The quantitative estimate of drug-likeness (QED) is 0.161. The zero-order valence-corrected chi connectivity index (χ0v) is 35.7. The minimum absolute atomic E-state index is 0.00399. The van der Waals surface area contributed by atoms with Gasteiger partial charge in [-0.3, -0.25) is 4.57 Å². The number of anilines is 4. The summed E-state index contributed by atoms with van der Waals surface area (Å²) in [4.78, 5) is 9.81. The van der Waals surface area contributed by atoms with E-state index in [-0.39, 0.29) is 10.8 Å². The van der Waals surface area contributed by atoms with E-state index in [1.54, 1.807) is 0 Å². The molecule has 0 amide bonds. The second kappa shape index (κ2) is 14.9. The number of fused-ring (bicyclic) bond motifs is 4. The van der Waals surface area contributed by atoms with Crippen molar-refractivity contribution in [3.63, 3.8) is 0 Å². The third-order valence-corrected chi connectivity index (χ3v) is 12.0. The lowest BCUT2D eigenvalue weighted by atomic mass is 9.85. The third kappa shape index (κ3) is 7.10. The van der Waals surface area contributed by atoms with Gasteiger partial charge in [-0.15, -0.1) is 0 Å². The molecule has 1 aliphatic heterocycles. The fraction of sp³-hybridized carbons (Fsp3) is 0.161. The smallest absolute Gasteiger partial charge is 0.137 e. The number of pyridine rings is 1. The summed E-state index contributed by atoms with van der Waals surface area (Å²) in [5, 5.41) is 2.32. The maximum atomic E-state index is 6.80. The lowest BCUT2D eigenvalue weighted by molar-refractivity contribution is 0.483. The highest BCUT2D eigenvalue weighted by Gasteiger charge is 2.31. The number of aromatic nitrogens is 2. The van der Waals surface area contributed by atoms with Gasteiger partial charge in [0.1, 0.15) is 24.0 Å². The highest BCUT2D eigenvalue weighted by molar-refractivity contribution is 6.10. The van der Waals surface area contributed by atoms with Crippen LogP contribution in [0.2, 0.25) is 0 Å². The molecule has 0 saturated heterocycles. The van der Waals surface area contributed by atoms with Gasteiger partial charge in [-0.25, -0.2) is 4.98 Å². The molecule has 10 rings (SSSR count). The van der Waals surface area contributed by atoms with Gasteiger partial charge in [-0.2, -0.15) is 0 Å². The van der Waals surface area contributed by atoms with Crippen molar-refractivity contribution in [2.75, 3.05) is 16.5 Å². The van der Waals surface area contributed by atoms with Crippen LogP contribution >= 0.6 is 0 Å². The van der Waals surface area contributed by atoms with Gasteiger partial charge in [0.05, 0.1) is 28.1 Å². The third-order valence-electron chi connectivity index (χ3n) is 12.0. The molecule has 0 N–H and O–H groups in total. The molecule has 2 aromatic heterocycles. The fourth-order valence-electron chi connectivity index (χ4n) is 8.70. The molecule has 300 valence electrons. The van der Waals surface area contributed by atoms with Crippen LogP contribution in [-0.2, 0) is 10.8 Å². The first-order valence-electron chi connectivity index (χ1n) is 21.2. The Kier molecular flexibility index (Phi) is 9.29. The van der Waals surface area contributed by atoms with Crippen LogP contribution in [-0.4, -0.2) is 16.2 Å². The Morgan fingerprint density at radius 3 is 1.80 bits per heavy atom. The first-order chi connectivity index (χ1) is 29.5. The summed E-state index contributed by atoms with van der Waals surface area (Å²) in [6.45, 7) is 14.2. The summed E-state index contributed by atoms with van der Waals surface area (Å²) in [6.07, 6.45) is 1.93. The molecule has 0 bridgehead atoms. The molecule has 0 atom stereocenters. The van der Waals surface area contributed by atoms with Gasteiger partial charge >= 0.3 is 0 Å². The van der Waals surface area contributed by atoms with Crippen LogP contribution in [0, 0.1) is 0 Å². The Hall–Kier alpha value is -7.11. The predicted molar refractivity (Wildman–Crippen MR) is 255 cm³/mol. The Morgan fingerprint density at radius 1 is 0.459 bits per heavy atom. The number of ether oxygens (including phenoxy) is 1. The maximum Gasteiger partial charge on any atom is 0.137 e. The van der Waals surface area contributed by atoms with E-state index in [0.717, 1.165) is 50.7 Å². The van der Waals surface area contributed by atoms with Crippen molar-refractivity contribution in [2.45, 2.75) is 52.4 Å². The molecule has 0 spiro atoms. The monoisotopic (exact) mass is 794 g/mol. The molecule has 5 heteroatoms. The van der Waals surface area contributed by atoms with Crippen molar-refractivity contribution >= 4 is 44.6 Å². The summed E-state index contributed by atoms with van der Waals surface area (Å²) < 4.78 is 9.10. The summed E-state index contributed by atoms with van der Waals surface area (Å²) >= 11 is 0. The normalized spacial score (nSPS) is 13.0. The predicted octanol–water partition coefficient (Wildman–Crippen LogP) is 15.1. The molecule has 0 fully saturated rings. The lowest BCUT2D eigenvalue weighted by Gasteiger charge is -2.27. The zero-order chi connectivity index (χ0) is 41.9. The molecule has 0 unspecified atom stereocenters. The Labute approximate surface area is 359 Å². The highest BCUT2D eigenvalue weighted by atomic mass is 16.5. The van der Waals surface area contributed by atoms with Crippen molar-refractivity contribution in [1.29, 1.82) is 0 Å². The summed E-state index contributed by atoms with van der Waals surface area (Å²) in [5.74, 6) is 2.42. The van der Waals surface area contributed by atoms with Crippen LogP contribution in [0.3, 0.4) is 0 Å². The molecule has 7 aromatic carbocycles. The number of benzene rings is 7. The van der Waals surface area contributed by atoms with Gasteiger partial charge in [0.15, 0.2) is 0 Å². The summed E-state index contributed by atoms with van der Waals surface area (Å²) in [5.41, 5.74) is 14.0. The van der Waals surface area contributed by atoms with Crippen LogP contribution in [0.1, 0.15) is 52.7 Å². The van der Waals surface area contributed by atoms with Crippen LogP contribution in [0.25, 0.3) is 49.9 Å². The largest absolute Gasteiger partial charge is 0.457 e. The van der Waals surface area contributed by atoms with Gasteiger partial charge in [0.2, 0.25) is 0 Å². The minimum Gasteiger partial charge on any atom is -0.457 e. The maximum absolute atomic E-state index is 6.80. The van der Waals surface area contributed by atoms with Crippen molar-refractivity contribution < 1.29 is 4.74 Å². The highest BCUT2D eigenvalue weighted by Crippen LogP contribution is 2.48. The topological polar surface area (TPSA) is 33.5 Å². The fourth-order valence-corrected chi connectivity index (χ4v) is 8.70. The van der Waals surface area contributed by atoms with Crippen molar-refractivity contribution in [3.8, 4) is 39.6 Å². The molecule has 9 aromatic rings. The molecule has 0 saturated carbocycles. The van der Waals surface area contributed by atoms with Crippen LogP contribution in [0.15, 0.2) is 182 Å². The van der Waals surface area contributed by atoms with E-state index in [9.17, 15) is 0 Å². The van der Waals surface area contributed by atoms with Crippen molar-refractivity contribution in [3.05, 3.63) is 193 Å². The van der Waals surface area contributed by atoms with Gasteiger partial charge in [0.25, 0.3) is 0 Å². The first-order valence-corrected chi connectivity index (χ1v) is 21.2. The summed E-state index contributed by atoms with van der Waals surface area (Å²) in [6, 6.07) is 63.0. The van der Waals surface area contributed by atoms with Gasteiger partial charge < -0.3 is 14.5 Å². The van der Waals surface area contributed by atoms with E-state index in [4.69, 9.17) is 9.72 Å². The van der Waals surface area contributed by atoms with E-state index in [1.807, 2.05) is 12.3 Å². The van der Waals surface area contributed by atoms with Crippen molar-refractivity contribution in [2.24, 2.45) is 0 Å². The Morgan fingerprint density at radius 2 is 1.08 bits per heavy atom. The molecule has 1 aliphatic rings. The molecule has 0 aliphatic carbocycles. The molecular formula is C56H50N4O. The number of rotatable bonds is 7. The Bertz CT molecular complexity index is 3060. The molecule has 0 radical (unpaired) electrons. The summed E-state index contributed by atoms with van der Waals surface area (Å²) in [7, 11) is 0. The van der Waals surface area contributed by atoms with E-state index in [2.05, 4.69) is 226 Å². The number of hydrogen-bond acceptors (Lipinski definition) is 4.